The Bertz CT molecular complexity index is 418. The van der Waals surface area contributed by atoms with E-state index in [-0.39, 0.29) is 30.9 Å². The van der Waals surface area contributed by atoms with Crippen LogP contribution in [0.5, 0.6) is 0 Å². The summed E-state index contributed by atoms with van der Waals surface area (Å²) in [4.78, 5) is 15.9. The fourth-order valence-corrected chi connectivity index (χ4v) is 2.46. The lowest BCUT2D eigenvalue weighted by atomic mass is 9.89. The molecule has 20 heavy (non-hydrogen) atoms. The van der Waals surface area contributed by atoms with Gasteiger partial charge in [-0.05, 0) is 26.8 Å². The third-order valence-corrected chi connectivity index (χ3v) is 3.51. The Balaban J connectivity index is 0.00000200. The van der Waals surface area contributed by atoms with Gasteiger partial charge < -0.3 is 15.2 Å². The van der Waals surface area contributed by atoms with E-state index in [9.17, 15) is 4.79 Å². The molecule has 0 spiro atoms. The number of hydrogen-bond donors (Lipinski definition) is 2. The summed E-state index contributed by atoms with van der Waals surface area (Å²) in [6.07, 6.45) is 6.06. The van der Waals surface area contributed by atoms with E-state index in [4.69, 9.17) is 4.52 Å². The van der Waals surface area contributed by atoms with Crippen LogP contribution in [0, 0.1) is 0 Å². The molecule has 114 valence electrons. The largest absolute Gasteiger partial charge is 0.343 e. The maximum absolute atomic E-state index is 11.5. The Morgan fingerprint density at radius 2 is 2.10 bits per heavy atom. The van der Waals surface area contributed by atoms with Crippen LogP contribution in [-0.2, 0) is 4.79 Å². The Hall–Kier alpha value is -1.14. The zero-order chi connectivity index (χ0) is 13.7. The summed E-state index contributed by atoms with van der Waals surface area (Å²) < 4.78 is 5.26. The number of carbonyl (C=O) groups is 1. The molecule has 1 aromatic rings. The molecule has 6 nitrogen and oxygen atoms in total. The van der Waals surface area contributed by atoms with Crippen molar-refractivity contribution in [2.45, 2.75) is 51.0 Å². The van der Waals surface area contributed by atoms with Gasteiger partial charge in [-0.25, -0.2) is 0 Å². The second kappa shape index (κ2) is 8.21. The molecule has 1 saturated carbocycles. The molecular weight excluding hydrogens is 280 g/mol. The van der Waals surface area contributed by atoms with Crippen LogP contribution in [0.1, 0.15) is 62.7 Å². The zero-order valence-electron chi connectivity index (χ0n) is 12.0. The van der Waals surface area contributed by atoms with Crippen molar-refractivity contribution < 1.29 is 9.32 Å². The monoisotopic (exact) mass is 302 g/mol. The van der Waals surface area contributed by atoms with Crippen molar-refractivity contribution in [1.82, 2.24) is 20.8 Å². The number of nitrogens with zero attached hydrogens (tertiary/aromatic N) is 2. The summed E-state index contributed by atoms with van der Waals surface area (Å²) in [5.41, 5.74) is 0. The summed E-state index contributed by atoms with van der Waals surface area (Å²) in [7, 11) is 1.73. The fraction of sp³-hybridized carbons (Fsp3) is 0.769. The summed E-state index contributed by atoms with van der Waals surface area (Å²) in [6.45, 7) is 2.14. The van der Waals surface area contributed by atoms with E-state index in [1.807, 2.05) is 6.92 Å². The second-order valence-electron chi connectivity index (χ2n) is 5.15. The van der Waals surface area contributed by atoms with Gasteiger partial charge >= 0.3 is 0 Å². The molecule has 0 aliphatic heterocycles. The SMILES string of the molecule is CNCC(=O)NC(C)c1nc(C2CCCCC2)no1.Cl. The van der Waals surface area contributed by atoms with E-state index >= 15 is 0 Å². The summed E-state index contributed by atoms with van der Waals surface area (Å²) >= 11 is 0. The molecule has 0 saturated heterocycles. The molecule has 1 aliphatic rings. The van der Waals surface area contributed by atoms with E-state index in [2.05, 4.69) is 20.8 Å². The lowest BCUT2D eigenvalue weighted by Gasteiger charge is -2.17. The van der Waals surface area contributed by atoms with Crippen LogP contribution >= 0.6 is 12.4 Å². The van der Waals surface area contributed by atoms with Gasteiger partial charge in [-0.3, -0.25) is 4.79 Å². The molecule has 2 rings (SSSR count). The normalized spacial score (nSPS) is 17.3. The topological polar surface area (TPSA) is 80.0 Å². The number of rotatable bonds is 5. The van der Waals surface area contributed by atoms with Crippen LogP contribution in [0.3, 0.4) is 0 Å². The molecule has 0 aromatic carbocycles. The third kappa shape index (κ3) is 4.45. The highest BCUT2D eigenvalue weighted by atomic mass is 35.5. The molecule has 1 heterocycles. The Morgan fingerprint density at radius 1 is 1.40 bits per heavy atom. The first-order valence-corrected chi connectivity index (χ1v) is 6.98. The highest BCUT2D eigenvalue weighted by molar-refractivity contribution is 5.85. The van der Waals surface area contributed by atoms with Crippen LogP contribution in [0.15, 0.2) is 4.52 Å². The van der Waals surface area contributed by atoms with E-state index in [0.717, 1.165) is 18.7 Å². The van der Waals surface area contributed by atoms with Crippen molar-refractivity contribution in [1.29, 1.82) is 0 Å². The average molecular weight is 303 g/mol. The van der Waals surface area contributed by atoms with Crippen molar-refractivity contribution in [3.63, 3.8) is 0 Å². The minimum atomic E-state index is -0.245. The predicted octanol–water partition coefficient (Wildman–Crippen LogP) is 1.94. The second-order valence-corrected chi connectivity index (χ2v) is 5.15. The van der Waals surface area contributed by atoms with Crippen molar-refractivity contribution in [3.05, 3.63) is 11.7 Å². The van der Waals surface area contributed by atoms with Gasteiger partial charge in [0.2, 0.25) is 11.8 Å². The van der Waals surface area contributed by atoms with Gasteiger partial charge in [0.15, 0.2) is 5.82 Å². The molecule has 1 atom stereocenters. The molecule has 0 bridgehead atoms. The molecule has 1 amide bonds. The Kier molecular flexibility index (Phi) is 6.95. The number of aromatic nitrogens is 2. The Labute approximate surface area is 125 Å². The summed E-state index contributed by atoms with van der Waals surface area (Å²) in [6, 6.07) is -0.245. The summed E-state index contributed by atoms with van der Waals surface area (Å²) in [5.74, 6) is 1.63. The van der Waals surface area contributed by atoms with Gasteiger partial charge in [-0.1, -0.05) is 24.4 Å². The number of carbonyl (C=O) groups excluding carboxylic acids is 1. The van der Waals surface area contributed by atoms with Crippen molar-refractivity contribution in [3.8, 4) is 0 Å². The Morgan fingerprint density at radius 3 is 2.75 bits per heavy atom. The highest BCUT2D eigenvalue weighted by Crippen LogP contribution is 2.31. The van der Waals surface area contributed by atoms with E-state index in [0.29, 0.717) is 11.8 Å². The minimum absolute atomic E-state index is 0. The van der Waals surface area contributed by atoms with Crippen molar-refractivity contribution in [2.24, 2.45) is 0 Å². The highest BCUT2D eigenvalue weighted by Gasteiger charge is 2.23. The molecule has 1 aliphatic carbocycles. The molecule has 2 N–H and O–H groups in total. The molecule has 0 radical (unpaired) electrons. The zero-order valence-corrected chi connectivity index (χ0v) is 12.8. The van der Waals surface area contributed by atoms with E-state index in [1.165, 1.54) is 19.3 Å². The van der Waals surface area contributed by atoms with Crippen LogP contribution in [0.4, 0.5) is 0 Å². The fourth-order valence-electron chi connectivity index (χ4n) is 2.46. The van der Waals surface area contributed by atoms with Gasteiger partial charge in [-0.15, -0.1) is 12.4 Å². The van der Waals surface area contributed by atoms with Gasteiger partial charge in [0, 0.05) is 5.92 Å². The van der Waals surface area contributed by atoms with Gasteiger partial charge in [-0.2, -0.15) is 4.98 Å². The third-order valence-electron chi connectivity index (χ3n) is 3.51. The first kappa shape index (κ1) is 16.9. The lowest BCUT2D eigenvalue weighted by Crippen LogP contribution is -2.34. The number of halogens is 1. The molecule has 7 heteroatoms. The number of likely N-dealkylation sites (N-methyl/N-ethyl adjacent to an activating group) is 1. The minimum Gasteiger partial charge on any atom is -0.343 e. The molecule has 1 fully saturated rings. The predicted molar refractivity (Wildman–Crippen MR) is 77.9 cm³/mol. The van der Waals surface area contributed by atoms with Gasteiger partial charge in [0.25, 0.3) is 0 Å². The van der Waals surface area contributed by atoms with Crippen molar-refractivity contribution in [2.75, 3.05) is 13.6 Å². The maximum atomic E-state index is 11.5. The molecule has 1 aromatic heterocycles. The quantitative estimate of drug-likeness (QED) is 0.869. The average Bonchev–Trinajstić information content (AvgIpc) is 2.89. The smallest absolute Gasteiger partial charge is 0.248 e. The van der Waals surface area contributed by atoms with Crippen LogP contribution < -0.4 is 10.6 Å². The molecular formula is C13H23ClN4O2. The standard InChI is InChI=1S/C13H22N4O2.ClH/c1-9(15-11(18)8-14-2)13-16-12(17-19-13)10-6-4-3-5-7-10;/h9-10,14H,3-8H2,1-2H3,(H,15,18);1H. The van der Waals surface area contributed by atoms with Crippen LogP contribution in [-0.4, -0.2) is 29.6 Å². The lowest BCUT2D eigenvalue weighted by molar-refractivity contribution is -0.120. The van der Waals surface area contributed by atoms with E-state index in [1.54, 1.807) is 7.05 Å². The van der Waals surface area contributed by atoms with Crippen molar-refractivity contribution >= 4 is 18.3 Å². The molecule has 1 unspecified atom stereocenters. The van der Waals surface area contributed by atoms with Crippen LogP contribution in [0.25, 0.3) is 0 Å². The first-order chi connectivity index (χ1) is 9.20. The number of amides is 1. The first-order valence-electron chi connectivity index (χ1n) is 6.98. The summed E-state index contributed by atoms with van der Waals surface area (Å²) in [5, 5.41) is 9.68. The van der Waals surface area contributed by atoms with E-state index < -0.39 is 0 Å². The number of hydrogen-bond acceptors (Lipinski definition) is 5. The number of nitrogens with one attached hydrogen (secondary N) is 2. The van der Waals surface area contributed by atoms with Crippen LogP contribution in [0.2, 0.25) is 0 Å². The maximum Gasteiger partial charge on any atom is 0.248 e. The van der Waals surface area contributed by atoms with Gasteiger partial charge in [0.05, 0.1) is 6.54 Å². The van der Waals surface area contributed by atoms with Gasteiger partial charge in [0.1, 0.15) is 6.04 Å².